The molecule has 18 heteroatoms. The van der Waals surface area contributed by atoms with E-state index in [2.05, 4.69) is 0 Å². The highest BCUT2D eigenvalue weighted by Gasteiger charge is 2.58. The zero-order valence-corrected chi connectivity index (χ0v) is 24.3. The number of hydrogen-bond donors (Lipinski definition) is 7. The van der Waals surface area contributed by atoms with Gasteiger partial charge in [-0.15, -0.1) is 0 Å². The summed E-state index contributed by atoms with van der Waals surface area (Å²) in [6.45, 7) is 1.09. The second-order valence-corrected chi connectivity index (χ2v) is 11.8. The lowest BCUT2D eigenvalue weighted by Gasteiger charge is -2.47. The minimum Gasteiger partial charge on any atom is -0.394 e. The Labute approximate surface area is 252 Å². The molecule has 18 nitrogen and oxygen atoms in total. The van der Waals surface area contributed by atoms with Gasteiger partial charge in [0.1, 0.15) is 91.6 Å². The van der Waals surface area contributed by atoms with E-state index >= 15 is 0 Å². The number of rotatable bonds is 9. The van der Waals surface area contributed by atoms with E-state index in [1.165, 1.54) is 14.2 Å². The molecular formula is C26H42O18. The van der Waals surface area contributed by atoms with Crippen molar-refractivity contribution in [3.63, 3.8) is 0 Å². The maximum Gasteiger partial charge on any atom is 0.187 e. The molecule has 0 amide bonds. The Kier molecular flexibility index (Phi) is 10.1. The summed E-state index contributed by atoms with van der Waals surface area (Å²) in [5, 5.41) is 74.3. The van der Waals surface area contributed by atoms with E-state index in [-0.39, 0.29) is 13.2 Å². The molecule has 20 atom stereocenters. The highest BCUT2D eigenvalue weighted by molar-refractivity contribution is 5.01. The van der Waals surface area contributed by atoms with Crippen LogP contribution in [0.15, 0.2) is 0 Å². The molecule has 20 unspecified atom stereocenters. The smallest absolute Gasteiger partial charge is 0.187 e. The molecule has 44 heavy (non-hydrogen) atoms. The predicted octanol–water partition coefficient (Wildman–Crippen LogP) is -5.32. The predicted molar refractivity (Wildman–Crippen MR) is 135 cm³/mol. The quantitative estimate of drug-likeness (QED) is 0.124. The van der Waals surface area contributed by atoms with Gasteiger partial charge in [0.15, 0.2) is 25.2 Å². The van der Waals surface area contributed by atoms with Crippen LogP contribution >= 0.6 is 0 Å². The molecule has 0 radical (unpaired) electrons. The summed E-state index contributed by atoms with van der Waals surface area (Å²) in [4.78, 5) is 0. The fraction of sp³-hybridized carbons (Fsp3) is 1.00. The summed E-state index contributed by atoms with van der Waals surface area (Å²) in [5.74, 6) is 0. The van der Waals surface area contributed by atoms with Crippen molar-refractivity contribution in [1.29, 1.82) is 0 Å². The molecule has 6 rings (SSSR count). The maximum atomic E-state index is 11.2. The molecule has 6 saturated heterocycles. The minimum absolute atomic E-state index is 0.0227. The van der Waals surface area contributed by atoms with Crippen molar-refractivity contribution in [2.24, 2.45) is 0 Å². The van der Waals surface area contributed by atoms with Crippen molar-refractivity contribution < 1.29 is 87.9 Å². The van der Waals surface area contributed by atoms with Crippen LogP contribution in [0, 0.1) is 0 Å². The molecule has 6 heterocycles. The zero-order chi connectivity index (χ0) is 31.4. The first-order chi connectivity index (χ1) is 21.1. The fourth-order valence-corrected chi connectivity index (χ4v) is 6.67. The van der Waals surface area contributed by atoms with Crippen LogP contribution in [-0.4, -0.2) is 193 Å². The summed E-state index contributed by atoms with van der Waals surface area (Å²) in [7, 11) is 2.68. The van der Waals surface area contributed by atoms with Gasteiger partial charge in [-0.25, -0.2) is 0 Å². The number of aliphatic hydroxyl groups excluding tert-OH is 7. The van der Waals surface area contributed by atoms with E-state index in [4.69, 9.17) is 52.1 Å². The van der Waals surface area contributed by atoms with E-state index in [1.54, 1.807) is 6.92 Å². The van der Waals surface area contributed by atoms with Crippen LogP contribution in [0.2, 0.25) is 0 Å². The fourth-order valence-electron chi connectivity index (χ4n) is 6.67. The summed E-state index contributed by atoms with van der Waals surface area (Å²) in [6.07, 6.45) is -22.8. The number of aliphatic hydroxyl groups is 7. The van der Waals surface area contributed by atoms with Gasteiger partial charge in [0, 0.05) is 14.2 Å². The molecular weight excluding hydrogens is 600 g/mol. The standard InChI is InChI=1S/C26H42O18/c1-7-11(28)20(14(31)24(38-7)42-17-9-5-36-21(17)15(32)23(35-3)40-9)44-26-16(33)22-18(10(41-26)6-37-22)43-25-13(30)19(34-2)12(29)8(4-27)39-25/h7-33H,4-6H2,1-3H3. The van der Waals surface area contributed by atoms with E-state index < -0.39 is 129 Å². The van der Waals surface area contributed by atoms with Crippen LogP contribution in [0.5, 0.6) is 0 Å². The largest absolute Gasteiger partial charge is 0.394 e. The van der Waals surface area contributed by atoms with E-state index in [0.717, 1.165) is 0 Å². The third-order valence-corrected chi connectivity index (χ3v) is 9.12. The van der Waals surface area contributed by atoms with Gasteiger partial charge in [-0.2, -0.15) is 0 Å². The molecule has 6 fully saturated rings. The highest BCUT2D eigenvalue weighted by atomic mass is 16.8. The van der Waals surface area contributed by atoms with Gasteiger partial charge < -0.3 is 87.9 Å². The van der Waals surface area contributed by atoms with Gasteiger partial charge >= 0.3 is 0 Å². The molecule has 6 aliphatic heterocycles. The van der Waals surface area contributed by atoms with Crippen molar-refractivity contribution in [2.75, 3.05) is 34.0 Å². The van der Waals surface area contributed by atoms with Gasteiger partial charge in [0.2, 0.25) is 0 Å². The molecule has 0 saturated carbocycles. The first kappa shape index (κ1) is 33.2. The SMILES string of the molecule is COC1OC2COC(C1O)C2OC1OC(C)C(O)C(OC2OC3COC(C2O)C3OC2OC(CO)C(O)C(OC)C2O)C1O. The lowest BCUT2D eigenvalue weighted by atomic mass is 9.97. The molecule has 6 aliphatic rings. The van der Waals surface area contributed by atoms with Crippen LogP contribution in [0.4, 0.5) is 0 Å². The average Bonchev–Trinajstić information content (AvgIpc) is 3.49. The second kappa shape index (κ2) is 13.4. The van der Waals surface area contributed by atoms with Gasteiger partial charge in [-0.3, -0.25) is 0 Å². The summed E-state index contributed by atoms with van der Waals surface area (Å²) in [6, 6.07) is 0. The molecule has 0 aliphatic carbocycles. The van der Waals surface area contributed by atoms with Crippen LogP contribution in [0.1, 0.15) is 6.92 Å². The Morgan fingerprint density at radius 2 is 1.05 bits per heavy atom. The summed E-state index contributed by atoms with van der Waals surface area (Å²) >= 11 is 0. The molecule has 254 valence electrons. The first-order valence-corrected chi connectivity index (χ1v) is 14.6. The number of ether oxygens (including phenoxy) is 11. The van der Waals surface area contributed by atoms with Crippen molar-refractivity contribution in [3.8, 4) is 0 Å². The molecule has 0 aromatic carbocycles. The molecule has 7 N–H and O–H groups in total. The van der Waals surface area contributed by atoms with Gasteiger partial charge in [0.25, 0.3) is 0 Å². The topological polar surface area (TPSA) is 243 Å². The molecule has 0 aromatic heterocycles. The monoisotopic (exact) mass is 642 g/mol. The van der Waals surface area contributed by atoms with Gasteiger partial charge in [-0.1, -0.05) is 0 Å². The average molecular weight is 643 g/mol. The maximum absolute atomic E-state index is 11.2. The van der Waals surface area contributed by atoms with Crippen LogP contribution in [0.25, 0.3) is 0 Å². The lowest BCUT2D eigenvalue weighted by molar-refractivity contribution is -0.370. The normalized spacial score (nSPS) is 55.8. The Balaban J connectivity index is 1.10. The van der Waals surface area contributed by atoms with Crippen molar-refractivity contribution in [3.05, 3.63) is 0 Å². The number of hydrogen-bond acceptors (Lipinski definition) is 18. The second-order valence-electron chi connectivity index (χ2n) is 11.8. The zero-order valence-electron chi connectivity index (χ0n) is 24.3. The van der Waals surface area contributed by atoms with Crippen molar-refractivity contribution >= 4 is 0 Å². The Hall–Kier alpha value is -0.720. The minimum atomic E-state index is -1.57. The van der Waals surface area contributed by atoms with E-state index in [9.17, 15) is 35.7 Å². The molecule has 0 aromatic rings. The van der Waals surface area contributed by atoms with Crippen LogP contribution in [-0.2, 0) is 52.1 Å². The summed E-state index contributed by atoms with van der Waals surface area (Å²) in [5.41, 5.74) is 0. The molecule has 0 spiro atoms. The van der Waals surface area contributed by atoms with Crippen molar-refractivity contribution in [2.45, 2.75) is 130 Å². The third-order valence-electron chi connectivity index (χ3n) is 9.12. The third kappa shape index (κ3) is 5.82. The highest BCUT2D eigenvalue weighted by Crippen LogP contribution is 2.38. The van der Waals surface area contributed by atoms with Gasteiger partial charge in [0.05, 0.1) is 25.9 Å². The van der Waals surface area contributed by atoms with Crippen LogP contribution in [0.3, 0.4) is 0 Å². The van der Waals surface area contributed by atoms with E-state index in [1.807, 2.05) is 0 Å². The lowest BCUT2D eigenvalue weighted by Crippen LogP contribution is -2.65. The van der Waals surface area contributed by atoms with Crippen LogP contribution < -0.4 is 0 Å². The number of fused-ring (bicyclic) bond motifs is 4. The van der Waals surface area contributed by atoms with Gasteiger partial charge in [-0.05, 0) is 6.92 Å². The molecule has 4 bridgehead atoms. The summed E-state index contributed by atoms with van der Waals surface area (Å²) < 4.78 is 62.4. The Bertz CT molecular complexity index is 962. The first-order valence-electron chi connectivity index (χ1n) is 14.6. The van der Waals surface area contributed by atoms with E-state index in [0.29, 0.717) is 0 Å². The number of methoxy groups -OCH3 is 2. The van der Waals surface area contributed by atoms with Crippen molar-refractivity contribution in [1.82, 2.24) is 0 Å². The Morgan fingerprint density at radius 1 is 0.545 bits per heavy atom. The Morgan fingerprint density at radius 3 is 1.61 bits per heavy atom.